The maximum atomic E-state index is 4.44. The van der Waals surface area contributed by atoms with Crippen molar-refractivity contribution in [3.63, 3.8) is 0 Å². The van der Waals surface area contributed by atoms with Crippen molar-refractivity contribution in [2.75, 3.05) is 5.32 Å². The summed E-state index contributed by atoms with van der Waals surface area (Å²) in [5.41, 5.74) is 1.04. The number of nitrogens with one attached hydrogen (secondary N) is 1. The van der Waals surface area contributed by atoms with Crippen molar-refractivity contribution in [2.45, 2.75) is 0 Å². The molecular weight excluding hydrogens is 296 g/mol. The van der Waals surface area contributed by atoms with Crippen molar-refractivity contribution in [3.8, 4) is 0 Å². The monoisotopic (exact) mass is 304 g/mol. The molecule has 1 aromatic heterocycles. The van der Waals surface area contributed by atoms with Gasteiger partial charge in [0.15, 0.2) is 5.82 Å². The Labute approximate surface area is 112 Å². The van der Waals surface area contributed by atoms with Gasteiger partial charge in [-0.1, -0.05) is 34.1 Å². The molecule has 0 spiro atoms. The van der Waals surface area contributed by atoms with Gasteiger partial charge in [0.1, 0.15) is 0 Å². The summed E-state index contributed by atoms with van der Waals surface area (Å²) in [4.78, 5) is 0. The van der Waals surface area contributed by atoms with Gasteiger partial charge in [-0.05, 0) is 41.9 Å². The fourth-order valence-electron chi connectivity index (χ4n) is 1.68. The molecule has 0 saturated carbocycles. The summed E-state index contributed by atoms with van der Waals surface area (Å²) in [7, 11) is 0. The van der Waals surface area contributed by atoms with Gasteiger partial charge >= 0.3 is 0 Å². The second kappa shape index (κ2) is 4.47. The van der Waals surface area contributed by atoms with Crippen LogP contribution in [0.5, 0.6) is 0 Å². The number of hydrogen-bond donors (Lipinski definition) is 1. The minimum atomic E-state index is 0.920. The van der Waals surface area contributed by atoms with Crippen LogP contribution in [0, 0.1) is 0 Å². The van der Waals surface area contributed by atoms with Gasteiger partial charge in [-0.25, -0.2) is 0 Å². The van der Waals surface area contributed by atoms with E-state index in [-0.39, 0.29) is 0 Å². The maximum Gasteiger partial charge on any atom is 0.151 e. The lowest BCUT2D eigenvalue weighted by Gasteiger charge is -2.03. The Morgan fingerprint density at radius 3 is 2.82 bits per heavy atom. The Morgan fingerprint density at radius 1 is 1.06 bits per heavy atom. The van der Waals surface area contributed by atoms with E-state index in [1.807, 2.05) is 36.4 Å². The smallest absolute Gasteiger partial charge is 0.151 e. The summed E-state index contributed by atoms with van der Waals surface area (Å²) in [5.74, 6) is 0.920. The highest BCUT2D eigenvalue weighted by Crippen LogP contribution is 2.29. The zero-order valence-electron chi connectivity index (χ0n) is 8.85. The number of nitrogens with zero attached hydrogens (tertiary/aromatic N) is 1. The van der Waals surface area contributed by atoms with Gasteiger partial charge in [0.25, 0.3) is 0 Å². The predicted molar refractivity (Wildman–Crippen MR) is 77.0 cm³/mol. The topological polar surface area (TPSA) is 24.9 Å². The van der Waals surface area contributed by atoms with E-state index in [0.717, 1.165) is 21.4 Å². The van der Waals surface area contributed by atoms with E-state index in [2.05, 4.69) is 37.8 Å². The highest BCUT2D eigenvalue weighted by Gasteiger charge is 2.05. The minimum Gasteiger partial charge on any atom is -0.339 e. The fourth-order valence-corrected chi connectivity index (χ4v) is 2.81. The van der Waals surface area contributed by atoms with Crippen molar-refractivity contribution in [3.05, 3.63) is 53.0 Å². The molecule has 1 heterocycles. The Kier molecular flexibility index (Phi) is 2.82. The highest BCUT2D eigenvalue weighted by atomic mass is 79.9. The summed E-state index contributed by atoms with van der Waals surface area (Å²) < 4.78 is 6.69. The van der Waals surface area contributed by atoms with Crippen LogP contribution >= 0.6 is 27.5 Å². The maximum absolute atomic E-state index is 4.44. The van der Waals surface area contributed by atoms with E-state index in [9.17, 15) is 0 Å². The van der Waals surface area contributed by atoms with Crippen molar-refractivity contribution >= 4 is 49.1 Å². The van der Waals surface area contributed by atoms with Gasteiger partial charge < -0.3 is 5.32 Å². The van der Waals surface area contributed by atoms with Crippen LogP contribution in [0.4, 0.5) is 11.5 Å². The SMILES string of the molecule is Brc1cccc(Nc2nsc3ccccc23)c1. The summed E-state index contributed by atoms with van der Waals surface area (Å²) in [6.07, 6.45) is 0. The second-order valence-corrected chi connectivity index (χ2v) is 5.38. The van der Waals surface area contributed by atoms with Gasteiger partial charge in [-0.2, -0.15) is 4.37 Å². The highest BCUT2D eigenvalue weighted by molar-refractivity contribution is 9.10. The van der Waals surface area contributed by atoms with Gasteiger partial charge in [-0.15, -0.1) is 0 Å². The van der Waals surface area contributed by atoms with Crippen LogP contribution in [0.1, 0.15) is 0 Å². The van der Waals surface area contributed by atoms with Gasteiger partial charge in [0, 0.05) is 15.5 Å². The summed E-state index contributed by atoms with van der Waals surface area (Å²) in [6, 6.07) is 16.3. The van der Waals surface area contributed by atoms with E-state index in [4.69, 9.17) is 0 Å². The Balaban J connectivity index is 2.00. The molecule has 0 aliphatic rings. The average Bonchev–Trinajstić information content (AvgIpc) is 2.73. The van der Waals surface area contributed by atoms with Crippen LogP contribution in [0.2, 0.25) is 0 Å². The third-order valence-corrected chi connectivity index (χ3v) is 3.78. The lowest BCUT2D eigenvalue weighted by atomic mass is 10.2. The van der Waals surface area contributed by atoms with Gasteiger partial charge in [0.2, 0.25) is 0 Å². The van der Waals surface area contributed by atoms with Crippen LogP contribution in [-0.4, -0.2) is 4.37 Å². The molecule has 2 aromatic carbocycles. The Bertz CT molecular complexity index is 663. The third kappa shape index (κ3) is 2.18. The van der Waals surface area contributed by atoms with Gasteiger partial charge in [0.05, 0.1) is 4.70 Å². The molecule has 0 bridgehead atoms. The predicted octanol–water partition coefficient (Wildman–Crippen LogP) is 4.80. The molecule has 1 N–H and O–H groups in total. The number of rotatable bonds is 2. The summed E-state index contributed by atoms with van der Waals surface area (Å²) in [5, 5.41) is 4.50. The number of halogens is 1. The van der Waals surface area contributed by atoms with E-state index >= 15 is 0 Å². The molecule has 0 radical (unpaired) electrons. The van der Waals surface area contributed by atoms with Crippen LogP contribution in [0.25, 0.3) is 10.1 Å². The largest absolute Gasteiger partial charge is 0.339 e. The number of benzene rings is 2. The zero-order chi connectivity index (χ0) is 11.7. The van der Waals surface area contributed by atoms with E-state index in [0.29, 0.717) is 0 Å². The van der Waals surface area contributed by atoms with Crippen LogP contribution in [0.15, 0.2) is 53.0 Å². The van der Waals surface area contributed by atoms with Crippen molar-refractivity contribution < 1.29 is 0 Å². The number of aromatic nitrogens is 1. The fraction of sp³-hybridized carbons (Fsp3) is 0. The molecule has 0 amide bonds. The average molecular weight is 305 g/mol. The quantitative estimate of drug-likeness (QED) is 0.735. The molecule has 17 heavy (non-hydrogen) atoms. The normalized spacial score (nSPS) is 10.6. The van der Waals surface area contributed by atoms with E-state index < -0.39 is 0 Å². The molecule has 4 heteroatoms. The van der Waals surface area contributed by atoms with Crippen LogP contribution in [-0.2, 0) is 0 Å². The molecule has 0 atom stereocenters. The molecule has 84 valence electrons. The minimum absolute atomic E-state index is 0.920. The molecule has 0 aliphatic heterocycles. The standard InChI is InChI=1S/C13H9BrN2S/c14-9-4-3-5-10(8-9)15-13-11-6-1-2-7-12(11)17-16-13/h1-8H,(H,15,16). The van der Waals surface area contributed by atoms with Gasteiger partial charge in [-0.3, -0.25) is 0 Å². The van der Waals surface area contributed by atoms with Crippen molar-refractivity contribution in [1.82, 2.24) is 4.37 Å². The second-order valence-electron chi connectivity index (χ2n) is 3.66. The third-order valence-electron chi connectivity index (χ3n) is 2.46. The summed E-state index contributed by atoms with van der Waals surface area (Å²) in [6.45, 7) is 0. The molecule has 0 fully saturated rings. The molecular formula is C13H9BrN2S. The lowest BCUT2D eigenvalue weighted by molar-refractivity contribution is 1.48. The summed E-state index contributed by atoms with van der Waals surface area (Å²) >= 11 is 4.97. The van der Waals surface area contributed by atoms with E-state index in [1.54, 1.807) is 0 Å². The van der Waals surface area contributed by atoms with Crippen LogP contribution in [0.3, 0.4) is 0 Å². The Hall–Kier alpha value is -1.39. The molecule has 0 unspecified atom stereocenters. The molecule has 2 nitrogen and oxygen atoms in total. The first-order valence-electron chi connectivity index (χ1n) is 5.20. The first kappa shape index (κ1) is 10.7. The zero-order valence-corrected chi connectivity index (χ0v) is 11.3. The first-order valence-corrected chi connectivity index (χ1v) is 6.76. The number of anilines is 2. The molecule has 0 saturated heterocycles. The van der Waals surface area contributed by atoms with Crippen molar-refractivity contribution in [1.29, 1.82) is 0 Å². The first-order chi connectivity index (χ1) is 8.33. The van der Waals surface area contributed by atoms with Crippen molar-refractivity contribution in [2.24, 2.45) is 0 Å². The number of fused-ring (bicyclic) bond motifs is 1. The van der Waals surface area contributed by atoms with Crippen LogP contribution < -0.4 is 5.32 Å². The molecule has 0 aliphatic carbocycles. The van der Waals surface area contributed by atoms with E-state index in [1.165, 1.54) is 16.2 Å². The molecule has 3 aromatic rings. The Morgan fingerprint density at radius 2 is 1.94 bits per heavy atom. The lowest BCUT2D eigenvalue weighted by Crippen LogP contribution is -1.90. The molecule has 3 rings (SSSR count). The number of hydrogen-bond acceptors (Lipinski definition) is 3.